The SMILES string of the molecule is CN1CCC(N(C)C(=O)C2(Cc3ccc(-c4cc(F)ccc4OCc4ccccc4)cc3)CCOCC2)CC1. The van der Waals surface area contributed by atoms with Crippen molar-refractivity contribution >= 4 is 5.91 Å². The summed E-state index contributed by atoms with van der Waals surface area (Å²) in [5.74, 6) is 0.583. The van der Waals surface area contributed by atoms with E-state index < -0.39 is 5.41 Å². The van der Waals surface area contributed by atoms with Gasteiger partial charge in [-0.3, -0.25) is 4.79 Å². The maximum Gasteiger partial charge on any atom is 0.229 e. The van der Waals surface area contributed by atoms with Gasteiger partial charge < -0.3 is 19.3 Å². The molecule has 39 heavy (non-hydrogen) atoms. The van der Waals surface area contributed by atoms with E-state index in [4.69, 9.17) is 9.47 Å². The van der Waals surface area contributed by atoms with Crippen LogP contribution in [0, 0.1) is 11.2 Å². The summed E-state index contributed by atoms with van der Waals surface area (Å²) in [6.45, 7) is 3.68. The molecule has 0 saturated carbocycles. The van der Waals surface area contributed by atoms with Crippen molar-refractivity contribution in [1.29, 1.82) is 0 Å². The second-order valence-electron chi connectivity index (χ2n) is 11.1. The van der Waals surface area contributed by atoms with Crippen LogP contribution < -0.4 is 4.74 Å². The van der Waals surface area contributed by atoms with Crippen LogP contribution in [-0.2, 0) is 22.6 Å². The molecule has 3 aromatic carbocycles. The highest BCUT2D eigenvalue weighted by Gasteiger charge is 2.43. The summed E-state index contributed by atoms with van der Waals surface area (Å²) in [6.07, 6.45) is 4.16. The second-order valence-corrected chi connectivity index (χ2v) is 11.1. The maximum atomic E-state index is 14.3. The van der Waals surface area contributed by atoms with Crippen molar-refractivity contribution in [1.82, 2.24) is 9.80 Å². The van der Waals surface area contributed by atoms with Crippen LogP contribution in [0.5, 0.6) is 5.75 Å². The number of ether oxygens (including phenoxy) is 2. The van der Waals surface area contributed by atoms with E-state index in [1.165, 1.54) is 12.1 Å². The minimum absolute atomic E-state index is 0.242. The largest absolute Gasteiger partial charge is 0.488 e. The van der Waals surface area contributed by atoms with Gasteiger partial charge in [0.05, 0.1) is 5.41 Å². The second kappa shape index (κ2) is 12.3. The first-order valence-electron chi connectivity index (χ1n) is 14.0. The van der Waals surface area contributed by atoms with Crippen LogP contribution in [-0.4, -0.2) is 62.1 Å². The molecule has 0 atom stereocenters. The van der Waals surface area contributed by atoms with E-state index in [0.29, 0.717) is 32.0 Å². The fraction of sp³-hybridized carbons (Fsp3) is 0.424. The van der Waals surface area contributed by atoms with Crippen molar-refractivity contribution in [3.63, 3.8) is 0 Å². The number of benzene rings is 3. The first-order valence-corrected chi connectivity index (χ1v) is 14.0. The molecular weight excluding hydrogens is 491 g/mol. The third-order valence-electron chi connectivity index (χ3n) is 8.45. The number of carbonyl (C=O) groups is 1. The molecule has 2 fully saturated rings. The third-order valence-corrected chi connectivity index (χ3v) is 8.45. The zero-order chi connectivity index (χ0) is 27.2. The Kier molecular flexibility index (Phi) is 8.63. The van der Waals surface area contributed by atoms with E-state index in [2.05, 4.69) is 24.1 Å². The van der Waals surface area contributed by atoms with Crippen molar-refractivity contribution in [2.45, 2.75) is 44.8 Å². The number of likely N-dealkylation sites (tertiary alicyclic amines) is 1. The van der Waals surface area contributed by atoms with Crippen molar-refractivity contribution < 1.29 is 18.7 Å². The average molecular weight is 531 g/mol. The summed E-state index contributed by atoms with van der Waals surface area (Å²) in [4.78, 5) is 18.3. The Morgan fingerprint density at radius 1 is 1.00 bits per heavy atom. The topological polar surface area (TPSA) is 42.0 Å². The molecule has 0 N–H and O–H groups in total. The molecule has 0 radical (unpaired) electrons. The lowest BCUT2D eigenvalue weighted by Crippen LogP contribution is -2.52. The Labute approximate surface area is 231 Å². The first kappa shape index (κ1) is 27.4. The zero-order valence-corrected chi connectivity index (χ0v) is 23.1. The highest BCUT2D eigenvalue weighted by Crippen LogP contribution is 2.38. The number of hydrogen-bond acceptors (Lipinski definition) is 4. The van der Waals surface area contributed by atoms with Crippen molar-refractivity contribution in [2.75, 3.05) is 40.4 Å². The van der Waals surface area contributed by atoms with Crippen molar-refractivity contribution in [3.8, 4) is 16.9 Å². The molecule has 0 spiro atoms. The van der Waals surface area contributed by atoms with Crippen LogP contribution in [0.1, 0.15) is 36.8 Å². The Balaban J connectivity index is 1.33. The molecule has 0 unspecified atom stereocenters. The number of halogens is 1. The molecular formula is C33H39FN2O3. The van der Waals surface area contributed by atoms with E-state index in [-0.39, 0.29) is 17.8 Å². The van der Waals surface area contributed by atoms with Crippen LogP contribution in [0.2, 0.25) is 0 Å². The quantitative estimate of drug-likeness (QED) is 0.360. The molecule has 2 aliphatic rings. The fourth-order valence-corrected chi connectivity index (χ4v) is 5.93. The molecule has 0 aliphatic carbocycles. The van der Waals surface area contributed by atoms with Gasteiger partial charge in [-0.2, -0.15) is 0 Å². The van der Waals surface area contributed by atoms with Crippen LogP contribution >= 0.6 is 0 Å². The first-order chi connectivity index (χ1) is 18.9. The summed E-state index contributed by atoms with van der Waals surface area (Å²) < 4.78 is 26.0. The molecule has 5 rings (SSSR count). The molecule has 2 aliphatic heterocycles. The lowest BCUT2D eigenvalue weighted by Gasteiger charge is -2.43. The van der Waals surface area contributed by atoms with E-state index in [9.17, 15) is 9.18 Å². The number of hydrogen-bond donors (Lipinski definition) is 0. The van der Waals surface area contributed by atoms with Crippen LogP contribution in [0.3, 0.4) is 0 Å². The van der Waals surface area contributed by atoms with E-state index >= 15 is 0 Å². The molecule has 1 amide bonds. The van der Waals surface area contributed by atoms with Gasteiger partial charge in [0.25, 0.3) is 0 Å². The molecule has 5 nitrogen and oxygen atoms in total. The standard InChI is InChI=1S/C33H39FN2O3/c1-35-18-14-29(15-19-35)36(2)32(37)33(16-20-38-21-17-33)23-25-8-10-27(11-9-25)30-22-28(34)12-13-31(30)39-24-26-6-4-3-5-7-26/h3-13,22,29H,14-21,23-24H2,1-2H3. The molecule has 2 heterocycles. The minimum Gasteiger partial charge on any atom is -0.488 e. The molecule has 0 aromatic heterocycles. The van der Waals surface area contributed by atoms with E-state index in [1.807, 2.05) is 54.4 Å². The number of amides is 1. The van der Waals surface area contributed by atoms with Gasteiger partial charge in [0.1, 0.15) is 18.2 Å². The van der Waals surface area contributed by atoms with Gasteiger partial charge in [0.2, 0.25) is 5.91 Å². The maximum absolute atomic E-state index is 14.3. The van der Waals surface area contributed by atoms with Gasteiger partial charge in [0.15, 0.2) is 0 Å². The zero-order valence-electron chi connectivity index (χ0n) is 23.1. The summed E-state index contributed by atoms with van der Waals surface area (Å²) in [6, 6.07) is 23.0. The third kappa shape index (κ3) is 6.51. The Bertz CT molecular complexity index is 1230. The molecule has 3 aromatic rings. The van der Waals surface area contributed by atoms with Gasteiger partial charge in [0, 0.05) is 31.9 Å². The Morgan fingerprint density at radius 2 is 1.69 bits per heavy atom. The molecule has 206 valence electrons. The normalized spacial score (nSPS) is 18.0. The summed E-state index contributed by atoms with van der Waals surface area (Å²) in [5, 5.41) is 0. The van der Waals surface area contributed by atoms with Crippen LogP contribution in [0.15, 0.2) is 72.8 Å². The molecule has 6 heteroatoms. The summed E-state index contributed by atoms with van der Waals surface area (Å²) >= 11 is 0. The van der Waals surface area contributed by atoms with E-state index in [1.54, 1.807) is 6.07 Å². The van der Waals surface area contributed by atoms with Gasteiger partial charge in [-0.1, -0.05) is 54.6 Å². The smallest absolute Gasteiger partial charge is 0.229 e. The van der Waals surface area contributed by atoms with Gasteiger partial charge in [-0.25, -0.2) is 4.39 Å². The lowest BCUT2D eigenvalue weighted by atomic mass is 9.73. The molecule has 2 saturated heterocycles. The lowest BCUT2D eigenvalue weighted by molar-refractivity contribution is -0.149. The van der Waals surface area contributed by atoms with Gasteiger partial charge in [-0.05, 0) is 87.1 Å². The highest BCUT2D eigenvalue weighted by molar-refractivity contribution is 5.83. The number of nitrogens with zero attached hydrogens (tertiary/aromatic N) is 2. The monoisotopic (exact) mass is 530 g/mol. The van der Waals surface area contributed by atoms with Gasteiger partial charge in [-0.15, -0.1) is 0 Å². The predicted molar refractivity (Wildman–Crippen MR) is 152 cm³/mol. The van der Waals surface area contributed by atoms with Gasteiger partial charge >= 0.3 is 0 Å². The highest BCUT2D eigenvalue weighted by atomic mass is 19.1. The average Bonchev–Trinajstić information content (AvgIpc) is 2.97. The van der Waals surface area contributed by atoms with Crippen molar-refractivity contribution in [2.24, 2.45) is 5.41 Å². The minimum atomic E-state index is -0.458. The van der Waals surface area contributed by atoms with E-state index in [0.717, 1.165) is 61.0 Å². The fourth-order valence-electron chi connectivity index (χ4n) is 5.93. The Hall–Kier alpha value is -3.22. The van der Waals surface area contributed by atoms with Crippen molar-refractivity contribution in [3.05, 3.63) is 89.7 Å². The summed E-state index contributed by atoms with van der Waals surface area (Å²) in [5.41, 5.74) is 3.31. The number of rotatable bonds is 8. The van der Waals surface area contributed by atoms with Crippen LogP contribution in [0.25, 0.3) is 11.1 Å². The molecule has 0 bridgehead atoms. The Morgan fingerprint density at radius 3 is 2.38 bits per heavy atom. The predicted octanol–water partition coefficient (Wildman–Crippen LogP) is 5.96. The summed E-state index contributed by atoms with van der Waals surface area (Å²) in [7, 11) is 4.13. The van der Waals surface area contributed by atoms with Crippen LogP contribution in [0.4, 0.5) is 4.39 Å². The number of piperidine rings is 1. The number of carbonyl (C=O) groups excluding carboxylic acids is 1.